The number of amides is 1. The fourth-order valence-electron chi connectivity index (χ4n) is 2.84. The number of hydrogen-bond acceptors (Lipinski definition) is 3. The van der Waals surface area contributed by atoms with Gasteiger partial charge in [-0.1, -0.05) is 18.2 Å². The summed E-state index contributed by atoms with van der Waals surface area (Å²) >= 11 is 0. The molecule has 0 radical (unpaired) electrons. The minimum absolute atomic E-state index is 0.0786. The van der Waals surface area contributed by atoms with Crippen LogP contribution in [0.1, 0.15) is 46.6 Å². The number of rotatable bonds is 3. The van der Waals surface area contributed by atoms with Crippen molar-refractivity contribution in [1.82, 2.24) is 14.9 Å². The Morgan fingerprint density at radius 1 is 1.14 bits per heavy atom. The highest BCUT2D eigenvalue weighted by Crippen LogP contribution is 2.38. The van der Waals surface area contributed by atoms with E-state index in [4.69, 9.17) is 0 Å². The summed E-state index contributed by atoms with van der Waals surface area (Å²) in [7, 11) is 0. The van der Waals surface area contributed by atoms with E-state index in [1.807, 2.05) is 6.07 Å². The molecule has 0 N–H and O–H groups in total. The number of carbonyl (C=O) groups excluding carboxylic acids is 1. The molecule has 1 aromatic carbocycles. The first-order valence-electron chi connectivity index (χ1n) is 7.59. The van der Waals surface area contributed by atoms with Crippen molar-refractivity contribution in [3.63, 3.8) is 0 Å². The van der Waals surface area contributed by atoms with Gasteiger partial charge in [0.05, 0.1) is 0 Å². The average Bonchev–Trinajstić information content (AvgIpc) is 3.32. The van der Waals surface area contributed by atoms with Crippen molar-refractivity contribution >= 4 is 5.91 Å². The number of nitrogens with zero attached hydrogens (tertiary/aromatic N) is 3. The summed E-state index contributed by atoms with van der Waals surface area (Å²) in [6.07, 6.45) is 3.87. The highest BCUT2D eigenvalue weighted by atomic mass is 19.1. The van der Waals surface area contributed by atoms with E-state index < -0.39 is 0 Å². The van der Waals surface area contributed by atoms with E-state index in [2.05, 4.69) is 9.97 Å². The molecule has 1 aliphatic heterocycles. The Balaban J connectivity index is 1.45. The lowest BCUT2D eigenvalue weighted by Gasteiger charge is -2.39. The minimum Gasteiger partial charge on any atom is -0.336 e. The van der Waals surface area contributed by atoms with E-state index in [9.17, 15) is 9.18 Å². The van der Waals surface area contributed by atoms with Crippen LogP contribution in [-0.4, -0.2) is 33.9 Å². The minimum atomic E-state index is -0.197. The third-order valence-corrected chi connectivity index (χ3v) is 4.35. The number of likely N-dealkylation sites (tertiary alicyclic amines) is 1. The zero-order chi connectivity index (χ0) is 15.1. The Hall–Kier alpha value is -2.30. The molecule has 4 rings (SSSR count). The predicted octanol–water partition coefficient (Wildman–Crippen LogP) is 2.73. The van der Waals surface area contributed by atoms with Gasteiger partial charge in [-0.25, -0.2) is 14.4 Å². The first-order chi connectivity index (χ1) is 10.7. The standard InChI is InChI=1S/C17H16FN3O/c18-14-4-2-1-3-13(14)12-9-21(10-12)17(22)15-7-8-19-16(20-15)11-5-6-11/h1-4,7-8,11-12H,5-6,9-10H2. The summed E-state index contributed by atoms with van der Waals surface area (Å²) in [5.74, 6) is 0.997. The van der Waals surface area contributed by atoms with Gasteiger partial charge in [0, 0.05) is 31.1 Å². The van der Waals surface area contributed by atoms with Crippen LogP contribution in [0.15, 0.2) is 36.5 Å². The lowest BCUT2D eigenvalue weighted by Crippen LogP contribution is -2.49. The van der Waals surface area contributed by atoms with Crippen LogP contribution in [0, 0.1) is 5.82 Å². The predicted molar refractivity (Wildman–Crippen MR) is 79.1 cm³/mol. The zero-order valence-corrected chi connectivity index (χ0v) is 12.1. The van der Waals surface area contributed by atoms with Crippen molar-refractivity contribution in [2.45, 2.75) is 24.7 Å². The molecule has 2 aromatic rings. The zero-order valence-electron chi connectivity index (χ0n) is 12.1. The molecule has 4 nitrogen and oxygen atoms in total. The fourth-order valence-corrected chi connectivity index (χ4v) is 2.84. The van der Waals surface area contributed by atoms with E-state index in [1.54, 1.807) is 29.3 Å². The van der Waals surface area contributed by atoms with Gasteiger partial charge in [-0.15, -0.1) is 0 Å². The van der Waals surface area contributed by atoms with Crippen molar-refractivity contribution in [3.8, 4) is 0 Å². The third kappa shape index (κ3) is 2.36. The lowest BCUT2D eigenvalue weighted by atomic mass is 9.91. The molecule has 0 spiro atoms. The number of aromatic nitrogens is 2. The molecule has 112 valence electrons. The highest BCUT2D eigenvalue weighted by Gasteiger charge is 2.35. The molecular formula is C17H16FN3O. The highest BCUT2D eigenvalue weighted by molar-refractivity contribution is 5.93. The van der Waals surface area contributed by atoms with Crippen molar-refractivity contribution in [2.24, 2.45) is 0 Å². The number of benzene rings is 1. The molecule has 2 aliphatic rings. The number of hydrogen-bond donors (Lipinski definition) is 0. The van der Waals surface area contributed by atoms with Gasteiger partial charge in [0.25, 0.3) is 5.91 Å². The monoisotopic (exact) mass is 297 g/mol. The Morgan fingerprint density at radius 3 is 2.64 bits per heavy atom. The SMILES string of the molecule is O=C(c1ccnc(C2CC2)n1)N1CC(c2ccccc2F)C1. The summed E-state index contributed by atoms with van der Waals surface area (Å²) in [4.78, 5) is 22.8. The largest absolute Gasteiger partial charge is 0.336 e. The van der Waals surface area contributed by atoms with Gasteiger partial charge in [-0.2, -0.15) is 0 Å². The summed E-state index contributed by atoms with van der Waals surface area (Å²) in [6.45, 7) is 1.09. The Kier molecular flexibility index (Phi) is 3.13. The van der Waals surface area contributed by atoms with Gasteiger partial charge in [0.2, 0.25) is 0 Å². The molecule has 0 atom stereocenters. The second kappa shape index (κ2) is 5.16. The Labute approximate surface area is 128 Å². The summed E-state index contributed by atoms with van der Waals surface area (Å²) < 4.78 is 13.7. The summed E-state index contributed by atoms with van der Waals surface area (Å²) in [6, 6.07) is 8.42. The summed E-state index contributed by atoms with van der Waals surface area (Å²) in [5, 5.41) is 0. The quantitative estimate of drug-likeness (QED) is 0.875. The maximum Gasteiger partial charge on any atom is 0.272 e. The van der Waals surface area contributed by atoms with Crippen LogP contribution in [0.2, 0.25) is 0 Å². The van der Waals surface area contributed by atoms with Gasteiger partial charge >= 0.3 is 0 Å². The first kappa shape index (κ1) is 13.4. The van der Waals surface area contributed by atoms with Crippen LogP contribution in [0.3, 0.4) is 0 Å². The van der Waals surface area contributed by atoms with Crippen molar-refractivity contribution < 1.29 is 9.18 Å². The normalized spacial score (nSPS) is 18.1. The molecule has 0 bridgehead atoms. The van der Waals surface area contributed by atoms with Gasteiger partial charge < -0.3 is 4.90 Å². The van der Waals surface area contributed by atoms with Crippen LogP contribution in [-0.2, 0) is 0 Å². The Morgan fingerprint density at radius 2 is 1.91 bits per heavy atom. The van der Waals surface area contributed by atoms with Gasteiger partial charge in [-0.05, 0) is 30.5 Å². The van der Waals surface area contributed by atoms with Gasteiger partial charge in [-0.3, -0.25) is 4.79 Å². The molecule has 0 unspecified atom stereocenters. The maximum atomic E-state index is 13.7. The van der Waals surface area contributed by atoms with Crippen LogP contribution < -0.4 is 0 Å². The molecule has 1 saturated carbocycles. The average molecular weight is 297 g/mol. The molecule has 5 heteroatoms. The van der Waals surface area contributed by atoms with E-state index >= 15 is 0 Å². The molecular weight excluding hydrogens is 281 g/mol. The lowest BCUT2D eigenvalue weighted by molar-refractivity contribution is 0.0592. The second-order valence-electron chi connectivity index (χ2n) is 6.00. The van der Waals surface area contributed by atoms with Crippen LogP contribution in [0.5, 0.6) is 0 Å². The van der Waals surface area contributed by atoms with Crippen molar-refractivity contribution in [2.75, 3.05) is 13.1 Å². The fraction of sp³-hybridized carbons (Fsp3) is 0.353. The van der Waals surface area contributed by atoms with E-state index in [0.29, 0.717) is 30.3 Å². The maximum absolute atomic E-state index is 13.7. The van der Waals surface area contributed by atoms with E-state index in [-0.39, 0.29) is 17.6 Å². The molecule has 2 fully saturated rings. The number of halogens is 1. The van der Waals surface area contributed by atoms with E-state index in [0.717, 1.165) is 18.7 Å². The number of carbonyl (C=O) groups is 1. The molecule has 2 heterocycles. The molecule has 1 amide bonds. The van der Waals surface area contributed by atoms with E-state index in [1.165, 1.54) is 6.07 Å². The molecule has 22 heavy (non-hydrogen) atoms. The van der Waals surface area contributed by atoms with Crippen molar-refractivity contribution in [3.05, 3.63) is 59.4 Å². The third-order valence-electron chi connectivity index (χ3n) is 4.35. The van der Waals surface area contributed by atoms with Crippen LogP contribution in [0.25, 0.3) is 0 Å². The second-order valence-corrected chi connectivity index (χ2v) is 6.00. The molecule has 1 aromatic heterocycles. The topological polar surface area (TPSA) is 46.1 Å². The van der Waals surface area contributed by atoms with Crippen molar-refractivity contribution in [1.29, 1.82) is 0 Å². The molecule has 1 aliphatic carbocycles. The van der Waals surface area contributed by atoms with Crippen LogP contribution >= 0.6 is 0 Å². The smallest absolute Gasteiger partial charge is 0.272 e. The van der Waals surface area contributed by atoms with Gasteiger partial charge in [0.15, 0.2) is 0 Å². The first-order valence-corrected chi connectivity index (χ1v) is 7.59. The van der Waals surface area contributed by atoms with Gasteiger partial charge in [0.1, 0.15) is 17.3 Å². The molecule has 1 saturated heterocycles. The Bertz CT molecular complexity index is 723. The summed E-state index contributed by atoms with van der Waals surface area (Å²) in [5.41, 5.74) is 1.14. The van der Waals surface area contributed by atoms with Crippen LogP contribution in [0.4, 0.5) is 4.39 Å².